The largest absolute Gasteiger partial charge is 0.322 e. The van der Waals surface area contributed by atoms with Crippen LogP contribution in [-0.4, -0.2) is 31.0 Å². The van der Waals surface area contributed by atoms with E-state index in [1.807, 2.05) is 0 Å². The van der Waals surface area contributed by atoms with Crippen LogP contribution in [0.15, 0.2) is 0 Å². The molecule has 0 saturated carbocycles. The van der Waals surface area contributed by atoms with Crippen molar-refractivity contribution in [2.24, 2.45) is 0 Å². The van der Waals surface area contributed by atoms with E-state index in [1.165, 1.54) is 38.5 Å². The minimum atomic E-state index is -0.837. The Morgan fingerprint density at radius 1 is 0.650 bits per heavy atom. The van der Waals surface area contributed by atoms with Crippen molar-refractivity contribution in [3.63, 3.8) is 0 Å². The second-order valence-corrected chi connectivity index (χ2v) is 6.83. The van der Waals surface area contributed by atoms with Crippen LogP contribution in [0.2, 0.25) is 0 Å². The maximum Gasteiger partial charge on any atom is 0.258 e. The zero-order valence-electron chi connectivity index (χ0n) is 14.2. The summed E-state index contributed by atoms with van der Waals surface area (Å²) in [5, 5.41) is 0. The molecule has 0 aromatic carbocycles. The molecule has 3 nitrogen and oxygen atoms in total. The van der Waals surface area contributed by atoms with Gasteiger partial charge in [-0.15, -0.1) is 0 Å². The summed E-state index contributed by atoms with van der Waals surface area (Å²) in [4.78, 5) is 0. The summed E-state index contributed by atoms with van der Waals surface area (Å²) in [7, 11) is -0.837. The molecule has 0 aromatic rings. The molecule has 0 radical (unpaired) electrons. The van der Waals surface area contributed by atoms with E-state index in [-0.39, 0.29) is 0 Å². The van der Waals surface area contributed by atoms with E-state index in [1.54, 1.807) is 0 Å². The first-order valence-corrected chi connectivity index (χ1v) is 9.73. The van der Waals surface area contributed by atoms with Crippen LogP contribution < -0.4 is 0 Å². The minimum absolute atomic E-state index is 0.836. The van der Waals surface area contributed by atoms with Gasteiger partial charge in [-0.05, 0) is 25.7 Å². The summed E-state index contributed by atoms with van der Waals surface area (Å²) >= 11 is 0. The zero-order valence-corrected chi connectivity index (χ0v) is 15.1. The summed E-state index contributed by atoms with van der Waals surface area (Å²) in [6, 6.07) is 0. The Morgan fingerprint density at radius 2 is 1.05 bits per heavy atom. The van der Waals surface area contributed by atoms with Crippen LogP contribution in [0.1, 0.15) is 79.1 Å². The molecular formula is C16H36NO2P. The van der Waals surface area contributed by atoms with E-state index in [9.17, 15) is 0 Å². The van der Waals surface area contributed by atoms with E-state index in [4.69, 9.17) is 9.05 Å². The smallest absolute Gasteiger partial charge is 0.258 e. The quantitative estimate of drug-likeness (QED) is 0.284. The molecule has 0 saturated heterocycles. The molecule has 0 fully saturated rings. The normalized spacial score (nSPS) is 11.7. The molecule has 0 rings (SSSR count). The molecule has 0 bridgehead atoms. The van der Waals surface area contributed by atoms with Gasteiger partial charge in [0.15, 0.2) is 0 Å². The standard InChI is InChI=1S/C16H36NO2P/c1-5-9-13-17(14-10-6-2)20(18-15-11-7-3)19-16-12-8-4/h5-16H2,1-4H3. The minimum Gasteiger partial charge on any atom is -0.322 e. The molecule has 122 valence electrons. The topological polar surface area (TPSA) is 21.7 Å². The van der Waals surface area contributed by atoms with Gasteiger partial charge in [0.2, 0.25) is 0 Å². The highest BCUT2D eigenvalue weighted by atomic mass is 31.2. The molecule has 0 unspecified atom stereocenters. The summed E-state index contributed by atoms with van der Waals surface area (Å²) in [5.41, 5.74) is 0. The van der Waals surface area contributed by atoms with Gasteiger partial charge in [0.1, 0.15) is 0 Å². The van der Waals surface area contributed by atoms with Crippen molar-refractivity contribution in [2.45, 2.75) is 79.1 Å². The summed E-state index contributed by atoms with van der Waals surface area (Å²) in [5.74, 6) is 0. The van der Waals surface area contributed by atoms with Crippen LogP contribution in [0, 0.1) is 0 Å². The second-order valence-electron chi connectivity index (χ2n) is 5.27. The summed E-state index contributed by atoms with van der Waals surface area (Å²) in [6.45, 7) is 12.8. The van der Waals surface area contributed by atoms with Gasteiger partial charge in [-0.3, -0.25) is 0 Å². The van der Waals surface area contributed by atoms with Crippen molar-refractivity contribution >= 4 is 8.53 Å². The lowest BCUT2D eigenvalue weighted by atomic mass is 10.3. The van der Waals surface area contributed by atoms with E-state index >= 15 is 0 Å². The Balaban J connectivity index is 4.33. The van der Waals surface area contributed by atoms with Crippen LogP contribution in [0.5, 0.6) is 0 Å². The average Bonchev–Trinajstić information content (AvgIpc) is 2.46. The lowest BCUT2D eigenvalue weighted by molar-refractivity contribution is 0.197. The van der Waals surface area contributed by atoms with Crippen LogP contribution in [0.25, 0.3) is 0 Å². The lowest BCUT2D eigenvalue weighted by Crippen LogP contribution is -2.23. The van der Waals surface area contributed by atoms with Gasteiger partial charge >= 0.3 is 0 Å². The van der Waals surface area contributed by atoms with Crippen LogP contribution in [0.4, 0.5) is 0 Å². The van der Waals surface area contributed by atoms with Crippen molar-refractivity contribution in [1.82, 2.24) is 4.67 Å². The predicted octanol–water partition coefficient (Wildman–Crippen LogP) is 5.75. The second kappa shape index (κ2) is 15.7. The van der Waals surface area contributed by atoms with Crippen molar-refractivity contribution in [1.29, 1.82) is 0 Å². The molecule has 20 heavy (non-hydrogen) atoms. The molecular weight excluding hydrogens is 269 g/mol. The Hall–Kier alpha value is 0.310. The molecule has 0 atom stereocenters. The monoisotopic (exact) mass is 305 g/mol. The van der Waals surface area contributed by atoms with E-state index in [0.717, 1.165) is 39.1 Å². The fraction of sp³-hybridized carbons (Fsp3) is 1.00. The fourth-order valence-corrected chi connectivity index (χ4v) is 3.31. The molecule has 0 aliphatic carbocycles. The fourth-order valence-electron chi connectivity index (χ4n) is 1.73. The number of hydrogen-bond acceptors (Lipinski definition) is 3. The SMILES string of the molecule is CCCCOP(OCCCC)N(CCCC)CCCC. The Kier molecular flexibility index (Phi) is 15.9. The van der Waals surface area contributed by atoms with E-state index in [2.05, 4.69) is 32.4 Å². The van der Waals surface area contributed by atoms with Gasteiger partial charge in [-0.2, -0.15) is 0 Å². The Labute approximate surface area is 128 Å². The van der Waals surface area contributed by atoms with Crippen molar-refractivity contribution in [3.05, 3.63) is 0 Å². The zero-order chi connectivity index (χ0) is 15.1. The highest BCUT2D eigenvalue weighted by Gasteiger charge is 2.20. The van der Waals surface area contributed by atoms with Gasteiger partial charge in [-0.25, -0.2) is 4.67 Å². The number of hydrogen-bond donors (Lipinski definition) is 0. The molecule has 0 N–H and O–H groups in total. The first-order chi connectivity index (χ1) is 9.79. The molecule has 0 spiro atoms. The van der Waals surface area contributed by atoms with Crippen molar-refractivity contribution < 1.29 is 9.05 Å². The Morgan fingerprint density at radius 3 is 1.40 bits per heavy atom. The number of rotatable bonds is 15. The van der Waals surface area contributed by atoms with E-state index in [0.29, 0.717) is 0 Å². The van der Waals surface area contributed by atoms with Gasteiger partial charge in [0.05, 0.1) is 13.2 Å². The molecule has 0 heterocycles. The maximum absolute atomic E-state index is 6.05. The average molecular weight is 305 g/mol. The van der Waals surface area contributed by atoms with Gasteiger partial charge in [0.25, 0.3) is 8.53 Å². The third kappa shape index (κ3) is 11.0. The lowest BCUT2D eigenvalue weighted by Gasteiger charge is -2.29. The van der Waals surface area contributed by atoms with Gasteiger partial charge in [0, 0.05) is 13.1 Å². The summed E-state index contributed by atoms with van der Waals surface area (Å²) < 4.78 is 14.6. The number of nitrogens with zero attached hydrogens (tertiary/aromatic N) is 1. The molecule has 4 heteroatoms. The highest BCUT2D eigenvalue weighted by Crippen LogP contribution is 2.43. The van der Waals surface area contributed by atoms with Gasteiger partial charge < -0.3 is 9.05 Å². The third-order valence-electron chi connectivity index (χ3n) is 3.17. The Bertz CT molecular complexity index is 175. The first kappa shape index (κ1) is 20.3. The van der Waals surface area contributed by atoms with Crippen molar-refractivity contribution in [3.8, 4) is 0 Å². The predicted molar refractivity (Wildman–Crippen MR) is 90.0 cm³/mol. The van der Waals surface area contributed by atoms with Crippen LogP contribution in [0.3, 0.4) is 0 Å². The van der Waals surface area contributed by atoms with Gasteiger partial charge in [-0.1, -0.05) is 53.4 Å². The van der Waals surface area contributed by atoms with Crippen molar-refractivity contribution in [2.75, 3.05) is 26.3 Å². The molecule has 0 amide bonds. The number of unbranched alkanes of at least 4 members (excludes halogenated alkanes) is 4. The first-order valence-electron chi connectivity index (χ1n) is 8.60. The van der Waals surface area contributed by atoms with Crippen LogP contribution >= 0.6 is 8.53 Å². The highest BCUT2D eigenvalue weighted by molar-refractivity contribution is 7.44. The summed E-state index contributed by atoms with van der Waals surface area (Å²) in [6.07, 6.45) is 9.56. The third-order valence-corrected chi connectivity index (χ3v) is 4.84. The van der Waals surface area contributed by atoms with E-state index < -0.39 is 8.53 Å². The molecule has 0 aliphatic rings. The van der Waals surface area contributed by atoms with Crippen LogP contribution in [-0.2, 0) is 9.05 Å². The molecule has 0 aliphatic heterocycles. The molecule has 0 aromatic heterocycles. The maximum atomic E-state index is 6.05.